The van der Waals surface area contributed by atoms with Crippen LogP contribution < -0.4 is 16.4 Å². The maximum absolute atomic E-state index is 14.4. The number of thiazole rings is 1. The van der Waals surface area contributed by atoms with Crippen molar-refractivity contribution in [1.82, 2.24) is 20.5 Å². The number of likely N-dealkylation sites (tertiary alicyclic amines) is 1. The van der Waals surface area contributed by atoms with E-state index in [-0.39, 0.29) is 32.2 Å². The highest BCUT2D eigenvalue weighted by Gasteiger charge is 2.53. The summed E-state index contributed by atoms with van der Waals surface area (Å²) >= 11 is 1.51. The summed E-state index contributed by atoms with van der Waals surface area (Å²) in [5, 5.41) is 15.8. The van der Waals surface area contributed by atoms with E-state index in [0.29, 0.717) is 5.56 Å². The van der Waals surface area contributed by atoms with Crippen molar-refractivity contribution in [3.63, 3.8) is 0 Å². The molecule has 1 aliphatic heterocycles. The third-order valence-electron chi connectivity index (χ3n) is 7.39. The van der Waals surface area contributed by atoms with Crippen LogP contribution in [0.1, 0.15) is 63.8 Å². The molecule has 1 aliphatic carbocycles. The van der Waals surface area contributed by atoms with Crippen molar-refractivity contribution in [2.45, 2.75) is 83.3 Å². The standard InChI is InChI=1S/C28H36FN5O5S/c1-15-22(40-14-31-15)17-7-5-16(6-8-17)19(12-21(30)36)32-24(37)20-11-18(35)13-34(20)25(38)23(27(2,3)4)33-26(39)28(29)9-10-28/h5-8,14,18-20,23,35H,9-13H2,1-4H3,(H2,30,36)(H,32,37)(H,33,39)/t18-,19?,20+,23?/m1/s1. The molecule has 1 saturated carbocycles. The van der Waals surface area contributed by atoms with Crippen molar-refractivity contribution < 1.29 is 28.7 Å². The van der Waals surface area contributed by atoms with Crippen LogP contribution in [0.25, 0.3) is 10.4 Å². The lowest BCUT2D eigenvalue weighted by atomic mass is 9.85. The number of aryl methyl sites for hydroxylation is 1. The van der Waals surface area contributed by atoms with Gasteiger partial charge in [0.2, 0.25) is 17.7 Å². The van der Waals surface area contributed by atoms with Gasteiger partial charge in [0.05, 0.1) is 34.6 Å². The van der Waals surface area contributed by atoms with Crippen LogP contribution in [-0.2, 0) is 19.2 Å². The van der Waals surface area contributed by atoms with Crippen molar-refractivity contribution in [1.29, 1.82) is 0 Å². The van der Waals surface area contributed by atoms with E-state index in [1.807, 2.05) is 19.1 Å². The van der Waals surface area contributed by atoms with Gasteiger partial charge in [-0.25, -0.2) is 9.37 Å². The second-order valence-corrected chi connectivity index (χ2v) is 12.6. The molecular weight excluding hydrogens is 537 g/mol. The summed E-state index contributed by atoms with van der Waals surface area (Å²) in [6.07, 6.45) is -0.967. The highest BCUT2D eigenvalue weighted by molar-refractivity contribution is 7.13. The van der Waals surface area contributed by atoms with Gasteiger partial charge in [-0.3, -0.25) is 19.2 Å². The van der Waals surface area contributed by atoms with Gasteiger partial charge in [-0.15, -0.1) is 11.3 Å². The van der Waals surface area contributed by atoms with Gasteiger partial charge in [0.25, 0.3) is 5.91 Å². The van der Waals surface area contributed by atoms with Crippen LogP contribution in [0.4, 0.5) is 4.39 Å². The summed E-state index contributed by atoms with van der Waals surface area (Å²) in [7, 11) is 0. The van der Waals surface area contributed by atoms with Gasteiger partial charge in [-0.05, 0) is 36.3 Å². The summed E-state index contributed by atoms with van der Waals surface area (Å²) in [5.74, 6) is -2.62. The lowest BCUT2D eigenvalue weighted by Crippen LogP contribution is -2.59. The SMILES string of the molecule is Cc1ncsc1-c1ccc(C(CC(N)=O)NC(=O)[C@@H]2C[C@@H](O)CN2C(=O)C(NC(=O)C2(F)CC2)C(C)(C)C)cc1. The number of alkyl halides is 1. The van der Waals surface area contributed by atoms with E-state index in [0.717, 1.165) is 16.1 Å². The molecule has 10 nitrogen and oxygen atoms in total. The summed E-state index contributed by atoms with van der Waals surface area (Å²) in [5.41, 5.74) is 6.97. The number of hydrogen-bond acceptors (Lipinski definition) is 7. The third-order valence-corrected chi connectivity index (χ3v) is 8.37. The molecule has 0 spiro atoms. The fourth-order valence-electron chi connectivity index (χ4n) is 4.88. The first-order valence-corrected chi connectivity index (χ1v) is 14.1. The monoisotopic (exact) mass is 573 g/mol. The highest BCUT2D eigenvalue weighted by atomic mass is 32.1. The number of hydrogen-bond donors (Lipinski definition) is 4. The molecule has 40 heavy (non-hydrogen) atoms. The Morgan fingerprint density at radius 3 is 2.38 bits per heavy atom. The predicted molar refractivity (Wildman–Crippen MR) is 148 cm³/mol. The zero-order chi connectivity index (χ0) is 29.4. The maximum Gasteiger partial charge on any atom is 0.258 e. The van der Waals surface area contributed by atoms with Gasteiger partial charge < -0.3 is 26.4 Å². The zero-order valence-electron chi connectivity index (χ0n) is 23.1. The number of benzene rings is 1. The number of rotatable bonds is 9. The number of aliphatic hydroxyl groups excluding tert-OH is 1. The molecule has 2 heterocycles. The van der Waals surface area contributed by atoms with E-state index in [1.165, 1.54) is 16.2 Å². The fraction of sp³-hybridized carbons (Fsp3) is 0.536. The molecule has 1 aromatic carbocycles. The summed E-state index contributed by atoms with van der Waals surface area (Å²) < 4.78 is 14.4. The number of primary amides is 1. The second kappa shape index (κ2) is 11.2. The number of halogens is 1. The quantitative estimate of drug-likeness (QED) is 0.360. The molecule has 4 atom stereocenters. The molecule has 1 aromatic heterocycles. The molecule has 4 amide bonds. The van der Waals surface area contributed by atoms with Crippen molar-refractivity contribution >= 4 is 35.0 Å². The van der Waals surface area contributed by atoms with Crippen LogP contribution in [-0.4, -0.2) is 69.0 Å². The lowest BCUT2D eigenvalue weighted by molar-refractivity contribution is -0.145. The van der Waals surface area contributed by atoms with Crippen molar-refractivity contribution in [3.8, 4) is 10.4 Å². The van der Waals surface area contributed by atoms with Gasteiger partial charge in [-0.1, -0.05) is 45.0 Å². The Morgan fingerprint density at radius 1 is 1.20 bits per heavy atom. The van der Waals surface area contributed by atoms with Crippen LogP contribution in [0.5, 0.6) is 0 Å². The van der Waals surface area contributed by atoms with Crippen LogP contribution in [0.2, 0.25) is 0 Å². The zero-order valence-corrected chi connectivity index (χ0v) is 23.9. The lowest BCUT2D eigenvalue weighted by Gasteiger charge is -2.36. The Labute approximate surface area is 236 Å². The highest BCUT2D eigenvalue weighted by Crippen LogP contribution is 2.40. The Kier molecular flexibility index (Phi) is 8.32. The molecule has 12 heteroatoms. The number of aliphatic hydroxyl groups is 1. The third kappa shape index (κ3) is 6.49. The normalized spacial score (nSPS) is 21.4. The smallest absolute Gasteiger partial charge is 0.258 e. The number of β-amino-alcohol motifs (C(OH)–C–C–N with tert-alkyl or cyclic N) is 1. The van der Waals surface area contributed by atoms with Gasteiger partial charge >= 0.3 is 0 Å². The van der Waals surface area contributed by atoms with Crippen LogP contribution >= 0.6 is 11.3 Å². The van der Waals surface area contributed by atoms with Crippen LogP contribution in [0, 0.1) is 12.3 Å². The van der Waals surface area contributed by atoms with Gasteiger partial charge in [0.15, 0.2) is 5.67 Å². The summed E-state index contributed by atoms with van der Waals surface area (Å²) in [4.78, 5) is 58.0. The largest absolute Gasteiger partial charge is 0.391 e. The van der Waals surface area contributed by atoms with E-state index in [2.05, 4.69) is 15.6 Å². The van der Waals surface area contributed by atoms with E-state index >= 15 is 0 Å². The number of aromatic nitrogens is 1. The Bertz CT molecular complexity index is 1290. The Balaban J connectivity index is 1.53. The summed E-state index contributed by atoms with van der Waals surface area (Å²) in [6, 6.07) is 4.40. The molecule has 216 valence electrons. The predicted octanol–water partition coefficient (Wildman–Crippen LogP) is 2.15. The van der Waals surface area contributed by atoms with E-state index in [1.54, 1.807) is 38.4 Å². The molecule has 5 N–H and O–H groups in total. The molecular formula is C28H36FN5O5S. The molecule has 2 fully saturated rings. The van der Waals surface area contributed by atoms with Crippen molar-refractivity contribution in [2.75, 3.05) is 6.54 Å². The minimum atomic E-state index is -1.97. The molecule has 2 unspecified atom stereocenters. The maximum atomic E-state index is 14.4. The van der Waals surface area contributed by atoms with Crippen LogP contribution in [0.3, 0.4) is 0 Å². The average molecular weight is 574 g/mol. The Hall–Kier alpha value is -3.38. The second-order valence-electron chi connectivity index (χ2n) is 11.8. The fourth-order valence-corrected chi connectivity index (χ4v) is 5.70. The molecule has 1 saturated heterocycles. The van der Waals surface area contributed by atoms with Crippen molar-refractivity contribution in [3.05, 3.63) is 41.0 Å². The van der Waals surface area contributed by atoms with Gasteiger partial charge in [0.1, 0.15) is 12.1 Å². The number of nitrogens with zero attached hydrogens (tertiary/aromatic N) is 2. The number of carbonyl (C=O) groups is 4. The molecule has 0 radical (unpaired) electrons. The van der Waals surface area contributed by atoms with E-state index in [4.69, 9.17) is 5.73 Å². The first-order chi connectivity index (χ1) is 18.7. The first kappa shape index (κ1) is 29.6. The van der Waals surface area contributed by atoms with Crippen molar-refractivity contribution in [2.24, 2.45) is 11.1 Å². The Morgan fingerprint density at radius 2 is 1.85 bits per heavy atom. The molecule has 2 aliphatic rings. The minimum Gasteiger partial charge on any atom is -0.391 e. The molecule has 0 bridgehead atoms. The minimum absolute atomic E-state index is 0.0255. The topological polar surface area (TPSA) is 155 Å². The first-order valence-electron chi connectivity index (χ1n) is 13.3. The van der Waals surface area contributed by atoms with Crippen LogP contribution in [0.15, 0.2) is 29.8 Å². The molecule has 2 aromatic rings. The van der Waals surface area contributed by atoms with E-state index in [9.17, 15) is 28.7 Å². The average Bonchev–Trinajstić information content (AvgIpc) is 3.28. The number of nitrogens with two attached hydrogens (primary N) is 1. The van der Waals surface area contributed by atoms with Gasteiger partial charge in [-0.2, -0.15) is 0 Å². The van der Waals surface area contributed by atoms with Gasteiger partial charge in [0, 0.05) is 13.0 Å². The number of amides is 4. The summed E-state index contributed by atoms with van der Waals surface area (Å²) in [6.45, 7) is 6.99. The number of nitrogens with one attached hydrogen (secondary N) is 2. The van der Waals surface area contributed by atoms with E-state index < -0.39 is 58.9 Å². The number of carbonyl (C=O) groups excluding carboxylic acids is 4. The molecule has 4 rings (SSSR count).